The molecule has 13 nitrogen and oxygen atoms in total. The van der Waals surface area contributed by atoms with Gasteiger partial charge in [0.15, 0.2) is 0 Å². The van der Waals surface area contributed by atoms with E-state index in [1.807, 2.05) is 30.3 Å². The maximum Gasteiger partial charge on any atom is 0.407 e. The van der Waals surface area contributed by atoms with Crippen LogP contribution in [0.2, 0.25) is 0 Å². The Morgan fingerprint density at radius 1 is 0.797 bits per heavy atom. The van der Waals surface area contributed by atoms with Crippen LogP contribution in [0.25, 0.3) is 20.4 Å². The topological polar surface area (TPSA) is 179 Å². The molecule has 1 aromatic carbocycles. The molecule has 320 valence electrons. The molecule has 5 aromatic rings. The van der Waals surface area contributed by atoms with Gasteiger partial charge in [0.25, 0.3) is 0 Å². The van der Waals surface area contributed by atoms with Gasteiger partial charge in [-0.05, 0) is 56.2 Å². The Morgan fingerprint density at radius 2 is 1.36 bits per heavy atom. The number of halogens is 6. The average Bonchev–Trinajstić information content (AvgIpc) is 3.76. The molecule has 2 fully saturated rings. The number of methoxy groups -OCH3 is 1. The van der Waals surface area contributed by atoms with Crippen molar-refractivity contribution < 1.29 is 50.5 Å². The summed E-state index contributed by atoms with van der Waals surface area (Å²) >= 11 is 2.01. The molecule has 21 heteroatoms. The van der Waals surface area contributed by atoms with E-state index in [0.29, 0.717) is 70.6 Å². The number of fused-ring (bicyclic) bond motifs is 2. The normalized spacial score (nSPS) is 22.4. The molecule has 2 aliphatic carbocycles. The summed E-state index contributed by atoms with van der Waals surface area (Å²) in [6.45, 7) is 0.258. The summed E-state index contributed by atoms with van der Waals surface area (Å²) in [5.41, 5.74) is 6.78. The number of carbonyl (C=O) groups is 1. The number of nitrogens with one attached hydrogen (secondary N) is 3. The van der Waals surface area contributed by atoms with E-state index in [2.05, 4.69) is 35.9 Å². The van der Waals surface area contributed by atoms with E-state index in [1.165, 1.54) is 31.9 Å². The van der Waals surface area contributed by atoms with E-state index in [4.69, 9.17) is 19.9 Å². The number of nitrogens with two attached hydrogens (primary N) is 1. The molecular formula is C38H44F6N8O5S2. The van der Waals surface area contributed by atoms with Gasteiger partial charge in [-0.2, -0.15) is 26.3 Å². The van der Waals surface area contributed by atoms with E-state index < -0.39 is 37.4 Å². The van der Waals surface area contributed by atoms with Crippen LogP contribution >= 0.6 is 22.7 Å². The number of benzene rings is 1. The first-order valence-electron chi connectivity index (χ1n) is 18.7. The molecule has 4 heterocycles. The predicted octanol–water partition coefficient (Wildman–Crippen LogP) is 7.49. The monoisotopic (exact) mass is 870 g/mol. The molecule has 0 radical (unpaired) electrons. The summed E-state index contributed by atoms with van der Waals surface area (Å²) in [5.74, 6) is 0.943. The molecule has 59 heavy (non-hydrogen) atoms. The quantitative estimate of drug-likeness (QED) is 0.0617. The summed E-state index contributed by atoms with van der Waals surface area (Å²) in [6.07, 6.45) is -5.59. The number of aromatic nitrogens is 4. The third-order valence-electron chi connectivity index (χ3n) is 9.53. The molecular weight excluding hydrogens is 827 g/mol. The Labute approximate surface area is 343 Å². The molecule has 0 spiro atoms. The third-order valence-corrected chi connectivity index (χ3v) is 11.6. The lowest BCUT2D eigenvalue weighted by Gasteiger charge is -2.35. The Morgan fingerprint density at radius 3 is 1.90 bits per heavy atom. The highest BCUT2D eigenvalue weighted by atomic mass is 32.1. The third kappa shape index (κ3) is 13.6. The number of hydrogen-bond acceptors (Lipinski definition) is 14. The van der Waals surface area contributed by atoms with Crippen molar-refractivity contribution in [3.63, 3.8) is 0 Å². The predicted molar refractivity (Wildman–Crippen MR) is 211 cm³/mol. The maximum atomic E-state index is 12.9. The lowest BCUT2D eigenvalue weighted by atomic mass is 9.88. The van der Waals surface area contributed by atoms with E-state index in [1.54, 1.807) is 0 Å². The highest BCUT2D eigenvalue weighted by molar-refractivity contribution is 7.19. The molecule has 4 aromatic heterocycles. The minimum atomic E-state index is -4.30. The van der Waals surface area contributed by atoms with Gasteiger partial charge in [-0.25, -0.2) is 24.7 Å². The SMILES string of the molecule is COCO[C@@H]1C[C@H](NC(=O)OCc2ccccc2)C[C@H](Nc2ncnc3sc(CC(F)(F)F)cc23)C1.N[C@H]1C[C@@H](O)C[C@@H](Nc2ncnc3sc(CC(F)(F)F)cc23)C1. The number of ether oxygens (including phenoxy) is 3. The molecule has 0 unspecified atom stereocenters. The van der Waals surface area contributed by atoms with E-state index in [0.717, 1.165) is 28.2 Å². The first-order valence-corrected chi connectivity index (χ1v) is 20.4. The number of thiophene rings is 2. The molecule has 2 saturated carbocycles. The van der Waals surface area contributed by atoms with Crippen LogP contribution in [-0.2, 0) is 33.7 Å². The van der Waals surface area contributed by atoms with Gasteiger partial charge >= 0.3 is 18.4 Å². The van der Waals surface area contributed by atoms with Crippen LogP contribution in [0.15, 0.2) is 55.1 Å². The Kier molecular flexibility index (Phi) is 14.8. The second-order valence-corrected chi connectivity index (χ2v) is 16.7. The zero-order valence-corrected chi connectivity index (χ0v) is 33.4. The summed E-state index contributed by atoms with van der Waals surface area (Å²) in [6, 6.07) is 11.8. The molecule has 0 bridgehead atoms. The molecule has 6 atom stereocenters. The van der Waals surface area contributed by atoms with Crippen LogP contribution in [0, 0.1) is 0 Å². The fraction of sp³-hybridized carbons (Fsp3) is 0.500. The van der Waals surface area contributed by atoms with Crippen LogP contribution in [0.1, 0.15) is 53.8 Å². The maximum absolute atomic E-state index is 12.9. The standard InChI is InChI=1S/C24H27F3N4O4S.C14H17F3N4OS/c1-33-14-35-18-8-16(7-17(9-18)31-23(32)34-12-15-5-3-2-4-6-15)30-21-20-10-19(11-24(25,26)27)36-22(20)29-13-28-21;15-14(16,17)5-10-4-11-12(19-6-20-13(11)23-10)21-8-1-7(18)2-9(22)3-8/h2-6,10,13,16-18H,7-9,11-12,14H2,1H3,(H,31,32)(H,28,29,30);4,6-9,22H,1-3,5,18H2,(H,19,20,21)/t16-,17+,18-;7-,8+,9-/m01/s1. The summed E-state index contributed by atoms with van der Waals surface area (Å²) in [4.78, 5) is 30.4. The number of aliphatic hydroxyl groups is 1. The van der Waals surface area contributed by atoms with Gasteiger partial charge in [-0.15, -0.1) is 22.7 Å². The summed E-state index contributed by atoms with van der Waals surface area (Å²) < 4.78 is 92.4. The zero-order chi connectivity index (χ0) is 42.2. The number of alkyl carbamates (subject to hydrolysis) is 1. The van der Waals surface area contributed by atoms with Crippen molar-refractivity contribution >= 4 is 60.8 Å². The minimum Gasteiger partial charge on any atom is -0.445 e. The number of alkyl halides is 6. The minimum absolute atomic E-state index is 0.0576. The Hall–Kier alpha value is -4.41. The van der Waals surface area contributed by atoms with Gasteiger partial charge in [0.1, 0.15) is 47.4 Å². The van der Waals surface area contributed by atoms with Crippen molar-refractivity contribution in [1.29, 1.82) is 0 Å². The van der Waals surface area contributed by atoms with Crippen molar-refractivity contribution in [2.75, 3.05) is 24.5 Å². The lowest BCUT2D eigenvalue weighted by Crippen LogP contribution is -2.47. The number of anilines is 2. The molecule has 1 amide bonds. The second-order valence-electron chi connectivity index (χ2n) is 14.5. The summed E-state index contributed by atoms with van der Waals surface area (Å²) in [7, 11) is 1.53. The zero-order valence-electron chi connectivity index (χ0n) is 31.8. The lowest BCUT2D eigenvalue weighted by molar-refractivity contribution is -0.127. The second kappa shape index (κ2) is 19.8. The first-order chi connectivity index (χ1) is 28.1. The summed E-state index contributed by atoms with van der Waals surface area (Å²) in [5, 5.41) is 20.3. The van der Waals surface area contributed by atoms with Crippen LogP contribution in [0.5, 0.6) is 0 Å². The Bertz CT molecular complexity index is 2120. The van der Waals surface area contributed by atoms with Crippen LogP contribution in [-0.4, -0.2) is 93.8 Å². The van der Waals surface area contributed by atoms with Crippen molar-refractivity contribution in [2.45, 2.75) is 107 Å². The fourth-order valence-corrected chi connectivity index (χ4v) is 9.23. The number of aliphatic hydroxyl groups excluding tert-OH is 1. The molecule has 2 aliphatic rings. The van der Waals surface area contributed by atoms with Crippen LogP contribution in [0.4, 0.5) is 42.8 Å². The van der Waals surface area contributed by atoms with Gasteiger partial charge in [-0.3, -0.25) is 0 Å². The number of carbonyl (C=O) groups excluding carboxylic acids is 1. The van der Waals surface area contributed by atoms with Crippen molar-refractivity contribution in [2.24, 2.45) is 5.73 Å². The highest BCUT2D eigenvalue weighted by Crippen LogP contribution is 2.35. The number of amides is 1. The largest absolute Gasteiger partial charge is 0.445 e. The van der Waals surface area contributed by atoms with Crippen LogP contribution < -0.4 is 21.7 Å². The van der Waals surface area contributed by atoms with E-state index in [9.17, 15) is 36.2 Å². The Balaban J connectivity index is 0.000000219. The smallest absolute Gasteiger partial charge is 0.407 e. The van der Waals surface area contributed by atoms with Gasteiger partial charge in [-0.1, -0.05) is 30.3 Å². The number of hydrogen-bond donors (Lipinski definition) is 5. The van der Waals surface area contributed by atoms with Gasteiger partial charge in [0.2, 0.25) is 0 Å². The van der Waals surface area contributed by atoms with Crippen molar-refractivity contribution in [1.82, 2.24) is 25.3 Å². The molecule has 6 N–H and O–H groups in total. The molecule has 7 rings (SSSR count). The molecule has 0 saturated heterocycles. The van der Waals surface area contributed by atoms with Gasteiger partial charge in [0.05, 0.1) is 35.8 Å². The van der Waals surface area contributed by atoms with E-state index in [-0.39, 0.29) is 53.4 Å². The van der Waals surface area contributed by atoms with Crippen molar-refractivity contribution in [3.8, 4) is 0 Å². The average molecular weight is 871 g/mol. The van der Waals surface area contributed by atoms with Gasteiger partial charge < -0.3 is 41.0 Å². The number of rotatable bonds is 12. The number of nitrogens with zero attached hydrogens (tertiary/aromatic N) is 4. The van der Waals surface area contributed by atoms with Gasteiger partial charge in [0, 0.05) is 41.0 Å². The van der Waals surface area contributed by atoms with E-state index >= 15 is 0 Å². The van der Waals surface area contributed by atoms with Crippen molar-refractivity contribution in [3.05, 3.63) is 70.4 Å². The highest BCUT2D eigenvalue weighted by Gasteiger charge is 2.33. The first kappa shape index (κ1) is 44.2. The van der Waals surface area contributed by atoms with Crippen LogP contribution in [0.3, 0.4) is 0 Å². The fourth-order valence-electron chi connectivity index (χ4n) is 7.18. The molecule has 0 aliphatic heterocycles.